The molecule has 1 atom stereocenters. The van der Waals surface area contributed by atoms with Gasteiger partial charge < -0.3 is 18.9 Å². The summed E-state index contributed by atoms with van der Waals surface area (Å²) in [6.45, 7) is 12.4. The van der Waals surface area contributed by atoms with Gasteiger partial charge in [0.1, 0.15) is 6.61 Å². The maximum absolute atomic E-state index is 5.58. The van der Waals surface area contributed by atoms with Crippen molar-refractivity contribution in [3.8, 4) is 0 Å². The van der Waals surface area contributed by atoms with Gasteiger partial charge in [0, 0.05) is 6.61 Å². The molecule has 0 aliphatic heterocycles. The molecule has 0 aromatic rings. The van der Waals surface area contributed by atoms with Gasteiger partial charge in [-0.05, 0) is 27.7 Å². The van der Waals surface area contributed by atoms with Crippen molar-refractivity contribution in [2.75, 3.05) is 19.8 Å². The van der Waals surface area contributed by atoms with Crippen molar-refractivity contribution in [1.29, 1.82) is 0 Å². The fraction of sp³-hybridized carbons (Fsp3) is 0.818. The molecular weight excluding hydrogens is 196 g/mol. The van der Waals surface area contributed by atoms with Crippen molar-refractivity contribution in [3.05, 3.63) is 12.8 Å². The molecule has 0 radical (unpaired) electrons. The quantitative estimate of drug-likeness (QED) is 0.439. The maximum atomic E-state index is 5.58. The van der Waals surface area contributed by atoms with E-state index in [0.717, 1.165) is 0 Å². The Hall–Kier alpha value is -0.580. The lowest BCUT2D eigenvalue weighted by molar-refractivity contribution is -0.385. The Morgan fingerprint density at radius 1 is 1.27 bits per heavy atom. The second-order valence-corrected chi connectivity index (χ2v) is 3.20. The Labute approximate surface area is 92.2 Å². The topological polar surface area (TPSA) is 36.9 Å². The molecule has 15 heavy (non-hydrogen) atoms. The van der Waals surface area contributed by atoms with E-state index < -0.39 is 5.97 Å². The first kappa shape index (κ1) is 14.4. The molecule has 0 saturated heterocycles. The van der Waals surface area contributed by atoms with Crippen LogP contribution in [0.1, 0.15) is 27.7 Å². The first-order valence-corrected chi connectivity index (χ1v) is 5.28. The highest BCUT2D eigenvalue weighted by Gasteiger charge is 2.35. The molecule has 0 N–H and O–H groups in total. The largest absolute Gasteiger partial charge is 0.446 e. The summed E-state index contributed by atoms with van der Waals surface area (Å²) in [5.41, 5.74) is 0. The average molecular weight is 218 g/mol. The van der Waals surface area contributed by atoms with Gasteiger partial charge in [-0.2, -0.15) is 0 Å². The zero-order valence-electron chi connectivity index (χ0n) is 10.1. The van der Waals surface area contributed by atoms with E-state index in [9.17, 15) is 0 Å². The van der Waals surface area contributed by atoms with Crippen LogP contribution in [0.4, 0.5) is 0 Å². The van der Waals surface area contributed by atoms with E-state index in [1.165, 1.54) is 6.26 Å². The average Bonchev–Trinajstić information content (AvgIpc) is 2.14. The monoisotopic (exact) mass is 218 g/mol. The Balaban J connectivity index is 4.46. The van der Waals surface area contributed by atoms with Crippen LogP contribution in [0.25, 0.3) is 0 Å². The standard InChI is InChI=1S/C11H22O4/c1-6-12-9-11(13-7-2,14-8-3)15-10(4)5/h7,10H,2,6,8-9H2,1,3-5H3. The Kier molecular flexibility index (Phi) is 7.38. The van der Waals surface area contributed by atoms with Gasteiger partial charge in [-0.15, -0.1) is 0 Å². The zero-order chi connectivity index (χ0) is 11.7. The summed E-state index contributed by atoms with van der Waals surface area (Å²) in [5, 5.41) is 0. The fourth-order valence-electron chi connectivity index (χ4n) is 1.14. The maximum Gasteiger partial charge on any atom is 0.351 e. The van der Waals surface area contributed by atoms with E-state index in [0.29, 0.717) is 13.2 Å². The number of hydrogen-bond donors (Lipinski definition) is 0. The van der Waals surface area contributed by atoms with Gasteiger partial charge in [0.2, 0.25) is 0 Å². The predicted molar refractivity (Wildman–Crippen MR) is 58.4 cm³/mol. The van der Waals surface area contributed by atoms with E-state index in [4.69, 9.17) is 18.9 Å². The number of hydrogen-bond acceptors (Lipinski definition) is 4. The molecule has 0 amide bonds. The summed E-state index contributed by atoms with van der Waals surface area (Å²) in [7, 11) is 0. The zero-order valence-corrected chi connectivity index (χ0v) is 10.1. The third-order valence-electron chi connectivity index (χ3n) is 1.53. The molecule has 4 heteroatoms. The minimum absolute atomic E-state index is 0.0167. The lowest BCUT2D eigenvalue weighted by Crippen LogP contribution is -2.44. The summed E-state index contributed by atoms with van der Waals surface area (Å²) >= 11 is 0. The van der Waals surface area contributed by atoms with Crippen LogP contribution >= 0.6 is 0 Å². The lowest BCUT2D eigenvalue weighted by Gasteiger charge is -2.32. The minimum Gasteiger partial charge on any atom is -0.446 e. The van der Waals surface area contributed by atoms with E-state index in [2.05, 4.69) is 6.58 Å². The highest BCUT2D eigenvalue weighted by Crippen LogP contribution is 2.19. The molecule has 0 heterocycles. The summed E-state index contributed by atoms with van der Waals surface area (Å²) in [4.78, 5) is 0. The smallest absolute Gasteiger partial charge is 0.351 e. The highest BCUT2D eigenvalue weighted by molar-refractivity contribution is 4.64. The third-order valence-corrected chi connectivity index (χ3v) is 1.53. The predicted octanol–water partition coefficient (Wildman–Crippen LogP) is 2.30. The number of ether oxygens (including phenoxy) is 4. The van der Waals surface area contributed by atoms with Crippen LogP contribution in [0.15, 0.2) is 12.8 Å². The van der Waals surface area contributed by atoms with Gasteiger partial charge in [-0.25, -0.2) is 0 Å². The highest BCUT2D eigenvalue weighted by atomic mass is 16.9. The Morgan fingerprint density at radius 2 is 1.93 bits per heavy atom. The van der Waals surface area contributed by atoms with Crippen LogP contribution in [0.2, 0.25) is 0 Å². The van der Waals surface area contributed by atoms with Crippen LogP contribution in [0.3, 0.4) is 0 Å². The molecule has 0 aliphatic rings. The van der Waals surface area contributed by atoms with E-state index in [1.54, 1.807) is 0 Å². The molecule has 0 aliphatic carbocycles. The molecule has 90 valence electrons. The molecule has 0 rings (SSSR count). The van der Waals surface area contributed by atoms with Crippen LogP contribution < -0.4 is 0 Å². The second kappa shape index (κ2) is 7.68. The van der Waals surface area contributed by atoms with Gasteiger partial charge in [-0.1, -0.05) is 6.58 Å². The van der Waals surface area contributed by atoms with Crippen LogP contribution in [-0.2, 0) is 18.9 Å². The molecular formula is C11H22O4. The van der Waals surface area contributed by atoms with Gasteiger partial charge in [0.15, 0.2) is 0 Å². The lowest BCUT2D eigenvalue weighted by atomic mass is 10.4. The molecule has 1 unspecified atom stereocenters. The number of rotatable bonds is 9. The summed E-state index contributed by atoms with van der Waals surface area (Å²) in [5.74, 6) is -1.17. The van der Waals surface area contributed by atoms with Gasteiger partial charge in [0.25, 0.3) is 0 Å². The normalized spacial score (nSPS) is 15.0. The first-order chi connectivity index (χ1) is 7.10. The van der Waals surface area contributed by atoms with E-state index >= 15 is 0 Å². The Morgan fingerprint density at radius 3 is 2.33 bits per heavy atom. The summed E-state index contributed by atoms with van der Waals surface area (Å²) < 4.78 is 21.6. The van der Waals surface area contributed by atoms with Gasteiger partial charge in [0.05, 0.1) is 19.0 Å². The fourth-order valence-corrected chi connectivity index (χ4v) is 1.14. The molecule has 0 bridgehead atoms. The third kappa shape index (κ3) is 5.77. The van der Waals surface area contributed by atoms with Crippen molar-refractivity contribution in [2.24, 2.45) is 0 Å². The molecule has 4 nitrogen and oxygen atoms in total. The van der Waals surface area contributed by atoms with Crippen molar-refractivity contribution < 1.29 is 18.9 Å². The summed E-state index contributed by atoms with van der Waals surface area (Å²) in [6.07, 6.45) is 1.29. The van der Waals surface area contributed by atoms with Crippen molar-refractivity contribution in [2.45, 2.75) is 39.8 Å². The minimum atomic E-state index is -1.17. The van der Waals surface area contributed by atoms with Crippen molar-refractivity contribution in [3.63, 3.8) is 0 Å². The Bertz CT molecular complexity index is 170. The molecule has 0 fully saturated rings. The first-order valence-electron chi connectivity index (χ1n) is 5.28. The summed E-state index contributed by atoms with van der Waals surface area (Å²) in [6, 6.07) is 0. The van der Waals surface area contributed by atoms with Crippen LogP contribution in [0, 0.1) is 0 Å². The van der Waals surface area contributed by atoms with Gasteiger partial charge in [-0.3, -0.25) is 0 Å². The van der Waals surface area contributed by atoms with Crippen molar-refractivity contribution in [1.82, 2.24) is 0 Å². The molecule has 0 aromatic heterocycles. The van der Waals surface area contributed by atoms with Crippen LogP contribution in [0.5, 0.6) is 0 Å². The van der Waals surface area contributed by atoms with E-state index in [1.807, 2.05) is 27.7 Å². The van der Waals surface area contributed by atoms with Gasteiger partial charge >= 0.3 is 5.97 Å². The SMILES string of the molecule is C=COC(COCC)(OCC)OC(C)C. The molecule has 0 saturated carbocycles. The molecule has 0 spiro atoms. The van der Waals surface area contributed by atoms with Crippen molar-refractivity contribution >= 4 is 0 Å². The van der Waals surface area contributed by atoms with E-state index in [-0.39, 0.29) is 12.7 Å². The molecule has 0 aromatic carbocycles. The van der Waals surface area contributed by atoms with Crippen LogP contribution in [-0.4, -0.2) is 31.9 Å². The second-order valence-electron chi connectivity index (χ2n) is 3.20.